The van der Waals surface area contributed by atoms with Crippen LogP contribution in [0.2, 0.25) is 5.02 Å². The predicted octanol–water partition coefficient (Wildman–Crippen LogP) is 2.70. The topological polar surface area (TPSA) is 74.7 Å². The zero-order valence-corrected chi connectivity index (χ0v) is 13.2. The van der Waals surface area contributed by atoms with E-state index < -0.39 is 16.0 Å². The first-order valence-corrected chi connectivity index (χ1v) is 8.01. The van der Waals surface area contributed by atoms with E-state index >= 15 is 0 Å². The maximum Gasteiger partial charge on any atom is 0.337 e. The molecule has 0 heterocycles. The average molecular weight is 320 g/mol. The number of carboxylic acids is 1. The maximum atomic E-state index is 12.4. The van der Waals surface area contributed by atoms with Crippen LogP contribution in [-0.2, 0) is 10.0 Å². The second-order valence-electron chi connectivity index (χ2n) is 4.75. The van der Waals surface area contributed by atoms with E-state index in [4.69, 9.17) is 16.7 Å². The molecule has 0 aliphatic rings. The molecule has 0 saturated heterocycles. The summed E-state index contributed by atoms with van der Waals surface area (Å²) in [6.07, 6.45) is 0.862. The van der Waals surface area contributed by atoms with Crippen LogP contribution in [-0.4, -0.2) is 37.4 Å². The zero-order chi connectivity index (χ0) is 15.5. The van der Waals surface area contributed by atoms with Crippen molar-refractivity contribution >= 4 is 27.6 Å². The van der Waals surface area contributed by atoms with Gasteiger partial charge in [-0.15, -0.1) is 0 Å². The van der Waals surface area contributed by atoms with Crippen LogP contribution in [0.1, 0.15) is 30.6 Å². The van der Waals surface area contributed by atoms with E-state index in [-0.39, 0.29) is 21.4 Å². The van der Waals surface area contributed by atoms with Crippen LogP contribution in [0.5, 0.6) is 0 Å². The summed E-state index contributed by atoms with van der Waals surface area (Å²) in [7, 11) is -2.22. The summed E-state index contributed by atoms with van der Waals surface area (Å²) in [5.74, 6) is -1.03. The van der Waals surface area contributed by atoms with Gasteiger partial charge in [0.25, 0.3) is 0 Å². The molecule has 1 aromatic carbocycles. The minimum atomic E-state index is -3.71. The summed E-state index contributed by atoms with van der Waals surface area (Å²) in [5.41, 5.74) is -0.218. The number of hydrogen-bond acceptors (Lipinski definition) is 3. The Balaban J connectivity index is 3.16. The number of benzene rings is 1. The zero-order valence-electron chi connectivity index (χ0n) is 11.6. The number of hydrogen-bond donors (Lipinski definition) is 1. The molecule has 0 aliphatic heterocycles. The van der Waals surface area contributed by atoms with E-state index in [0.29, 0.717) is 6.54 Å². The molecule has 0 aliphatic carbocycles. The molecule has 0 radical (unpaired) electrons. The number of carboxylic acid groups (broad SMARTS) is 1. The fourth-order valence-corrected chi connectivity index (χ4v) is 3.19. The highest BCUT2D eigenvalue weighted by atomic mass is 35.5. The van der Waals surface area contributed by atoms with Crippen molar-refractivity contribution in [3.05, 3.63) is 28.8 Å². The number of sulfonamides is 1. The molecule has 1 aromatic rings. The second kappa shape index (κ2) is 6.56. The lowest BCUT2D eigenvalue weighted by atomic mass is 10.1. The summed E-state index contributed by atoms with van der Waals surface area (Å²) >= 11 is 5.74. The molecule has 0 spiro atoms. The molecule has 0 saturated carbocycles. The smallest absolute Gasteiger partial charge is 0.337 e. The number of rotatable bonds is 6. The van der Waals surface area contributed by atoms with Crippen LogP contribution >= 0.6 is 11.6 Å². The highest BCUT2D eigenvalue weighted by Crippen LogP contribution is 2.23. The van der Waals surface area contributed by atoms with Gasteiger partial charge < -0.3 is 5.11 Å². The van der Waals surface area contributed by atoms with Crippen molar-refractivity contribution < 1.29 is 18.3 Å². The Hall–Kier alpha value is -1.11. The summed E-state index contributed by atoms with van der Waals surface area (Å²) in [5, 5.41) is 9.00. The quantitative estimate of drug-likeness (QED) is 0.874. The molecule has 7 heteroatoms. The molecule has 0 bridgehead atoms. The van der Waals surface area contributed by atoms with E-state index in [2.05, 4.69) is 0 Å². The van der Waals surface area contributed by atoms with Gasteiger partial charge in [-0.1, -0.05) is 31.9 Å². The van der Waals surface area contributed by atoms with Crippen LogP contribution in [0.15, 0.2) is 23.1 Å². The number of aromatic carboxylic acids is 1. The first kappa shape index (κ1) is 16.9. The molecule has 1 atom stereocenters. The van der Waals surface area contributed by atoms with Gasteiger partial charge in [-0.2, -0.15) is 0 Å². The predicted molar refractivity (Wildman–Crippen MR) is 77.7 cm³/mol. The van der Waals surface area contributed by atoms with Crippen molar-refractivity contribution in [1.29, 1.82) is 0 Å². The van der Waals surface area contributed by atoms with Gasteiger partial charge in [0.05, 0.1) is 15.5 Å². The Morgan fingerprint density at radius 3 is 2.55 bits per heavy atom. The Bertz CT molecular complexity index is 600. The first-order valence-electron chi connectivity index (χ1n) is 6.19. The normalized spacial score (nSPS) is 13.4. The van der Waals surface area contributed by atoms with Gasteiger partial charge in [0, 0.05) is 13.6 Å². The molecule has 1 N–H and O–H groups in total. The van der Waals surface area contributed by atoms with E-state index in [1.54, 1.807) is 0 Å². The first-order chi connectivity index (χ1) is 9.20. The SMILES string of the molecule is CCC(C)CN(C)S(=O)(=O)c1ccc(Cl)c(C(=O)O)c1. The van der Waals surface area contributed by atoms with Gasteiger partial charge in [-0.05, 0) is 24.1 Å². The van der Waals surface area contributed by atoms with Crippen LogP contribution in [0, 0.1) is 5.92 Å². The highest BCUT2D eigenvalue weighted by Gasteiger charge is 2.24. The van der Waals surface area contributed by atoms with Gasteiger partial charge >= 0.3 is 5.97 Å². The molecule has 20 heavy (non-hydrogen) atoms. The minimum absolute atomic E-state index is 0.0148. The van der Waals surface area contributed by atoms with Gasteiger partial charge in [-0.25, -0.2) is 17.5 Å². The van der Waals surface area contributed by atoms with Gasteiger partial charge in [0.2, 0.25) is 10.0 Å². The van der Waals surface area contributed by atoms with Crippen LogP contribution in [0.4, 0.5) is 0 Å². The fraction of sp³-hybridized carbons (Fsp3) is 0.462. The molecule has 5 nitrogen and oxygen atoms in total. The lowest BCUT2D eigenvalue weighted by Gasteiger charge is -2.20. The Morgan fingerprint density at radius 1 is 1.45 bits per heavy atom. The Kier molecular flexibility index (Phi) is 5.56. The average Bonchev–Trinajstić information content (AvgIpc) is 2.38. The second-order valence-corrected chi connectivity index (χ2v) is 7.20. The standard InChI is InChI=1S/C13H18ClNO4S/c1-4-9(2)8-15(3)20(18,19)10-5-6-12(14)11(7-10)13(16)17/h5-7,9H,4,8H2,1-3H3,(H,16,17). The van der Waals surface area contributed by atoms with E-state index in [1.165, 1.54) is 23.5 Å². The fourth-order valence-electron chi connectivity index (χ4n) is 1.67. The number of halogens is 1. The van der Waals surface area contributed by atoms with Crippen molar-refractivity contribution in [3.63, 3.8) is 0 Å². The van der Waals surface area contributed by atoms with E-state index in [1.807, 2.05) is 13.8 Å². The van der Waals surface area contributed by atoms with Crippen LogP contribution in [0.25, 0.3) is 0 Å². The third-order valence-electron chi connectivity index (χ3n) is 3.14. The third-order valence-corrected chi connectivity index (χ3v) is 5.29. The van der Waals surface area contributed by atoms with Gasteiger partial charge in [0.15, 0.2) is 0 Å². The Morgan fingerprint density at radius 2 is 2.05 bits per heavy atom. The summed E-state index contributed by atoms with van der Waals surface area (Å²) < 4.78 is 26.0. The minimum Gasteiger partial charge on any atom is -0.478 e. The van der Waals surface area contributed by atoms with E-state index in [9.17, 15) is 13.2 Å². The van der Waals surface area contributed by atoms with Crippen molar-refractivity contribution in [1.82, 2.24) is 4.31 Å². The number of carbonyl (C=O) groups is 1. The van der Waals surface area contributed by atoms with Gasteiger partial charge in [0.1, 0.15) is 0 Å². The third kappa shape index (κ3) is 3.71. The lowest BCUT2D eigenvalue weighted by Crippen LogP contribution is -2.31. The van der Waals surface area contributed by atoms with Crippen molar-refractivity contribution in [2.45, 2.75) is 25.2 Å². The maximum absolute atomic E-state index is 12.4. The van der Waals surface area contributed by atoms with Gasteiger partial charge in [-0.3, -0.25) is 0 Å². The van der Waals surface area contributed by atoms with Crippen molar-refractivity contribution in [2.24, 2.45) is 5.92 Å². The Labute approximate surface area is 124 Å². The van der Waals surface area contributed by atoms with E-state index in [0.717, 1.165) is 12.5 Å². The molecular formula is C13H18ClNO4S. The molecule has 1 unspecified atom stereocenters. The highest BCUT2D eigenvalue weighted by molar-refractivity contribution is 7.89. The molecule has 112 valence electrons. The van der Waals surface area contributed by atoms with Crippen LogP contribution < -0.4 is 0 Å². The molecule has 1 rings (SSSR count). The monoisotopic (exact) mass is 319 g/mol. The lowest BCUT2D eigenvalue weighted by molar-refractivity contribution is 0.0697. The largest absolute Gasteiger partial charge is 0.478 e. The molecule has 0 amide bonds. The summed E-state index contributed by atoms with van der Waals surface area (Å²) in [4.78, 5) is 10.9. The van der Waals surface area contributed by atoms with Crippen molar-refractivity contribution in [2.75, 3.05) is 13.6 Å². The number of nitrogens with zero attached hydrogens (tertiary/aromatic N) is 1. The summed E-state index contributed by atoms with van der Waals surface area (Å²) in [6, 6.07) is 3.69. The van der Waals surface area contributed by atoms with Crippen molar-refractivity contribution in [3.8, 4) is 0 Å². The molecular weight excluding hydrogens is 302 g/mol. The van der Waals surface area contributed by atoms with Crippen LogP contribution in [0.3, 0.4) is 0 Å². The summed E-state index contributed by atoms with van der Waals surface area (Å²) in [6.45, 7) is 4.32. The molecule has 0 fully saturated rings. The molecule has 0 aromatic heterocycles.